The van der Waals surface area contributed by atoms with Crippen LogP contribution in [-0.2, 0) is 0 Å². The summed E-state index contributed by atoms with van der Waals surface area (Å²) in [6.45, 7) is 4.10. The van der Waals surface area contributed by atoms with Gasteiger partial charge in [0.25, 0.3) is 5.91 Å². The molecular formula is C17H19N3O. The highest BCUT2D eigenvalue weighted by molar-refractivity contribution is 5.94. The molecule has 0 aliphatic carbocycles. The molecule has 1 amide bonds. The number of pyridine rings is 1. The summed E-state index contributed by atoms with van der Waals surface area (Å²) in [6.07, 6.45) is 6.08. The Morgan fingerprint density at radius 1 is 1.14 bits per heavy atom. The number of carbonyl (C=O) groups excluding carboxylic acids is 1. The smallest absolute Gasteiger partial charge is 0.271 e. The lowest BCUT2D eigenvalue weighted by Crippen LogP contribution is -2.36. The fraction of sp³-hybridized carbons (Fsp3) is 0.176. The molecule has 0 fully saturated rings. The van der Waals surface area contributed by atoms with Crippen LogP contribution < -0.4 is 10.9 Å². The second kappa shape index (κ2) is 7.24. The van der Waals surface area contributed by atoms with Gasteiger partial charge in [-0.1, -0.05) is 42.8 Å². The van der Waals surface area contributed by atoms with Gasteiger partial charge in [-0.3, -0.25) is 20.6 Å². The molecule has 0 saturated heterocycles. The molecular weight excluding hydrogens is 262 g/mol. The second-order valence-electron chi connectivity index (χ2n) is 4.71. The van der Waals surface area contributed by atoms with Gasteiger partial charge < -0.3 is 0 Å². The van der Waals surface area contributed by atoms with E-state index >= 15 is 0 Å². The summed E-state index contributed by atoms with van der Waals surface area (Å²) in [7, 11) is 0. The average molecular weight is 281 g/mol. The van der Waals surface area contributed by atoms with Gasteiger partial charge in [-0.15, -0.1) is 0 Å². The zero-order chi connectivity index (χ0) is 15.1. The summed E-state index contributed by atoms with van der Waals surface area (Å²) in [5.41, 5.74) is 9.33. The highest BCUT2D eigenvalue weighted by atomic mass is 16.2. The molecule has 0 bridgehead atoms. The zero-order valence-electron chi connectivity index (χ0n) is 12.3. The molecule has 0 saturated carbocycles. The number of amides is 1. The Morgan fingerprint density at radius 3 is 2.52 bits per heavy atom. The molecule has 2 N–H and O–H groups in total. The third kappa shape index (κ3) is 4.18. The number of aryl methyl sites for hydroxylation is 1. The Kier molecular flexibility index (Phi) is 5.10. The SMILES string of the molecule is CCC=C(NNC(=O)c1cccnc1)c1ccc(C)cc1. The molecule has 0 radical (unpaired) electrons. The lowest BCUT2D eigenvalue weighted by molar-refractivity contribution is 0.0942. The van der Waals surface area contributed by atoms with Gasteiger partial charge in [0, 0.05) is 12.4 Å². The van der Waals surface area contributed by atoms with Crippen LogP contribution in [0.25, 0.3) is 5.70 Å². The van der Waals surface area contributed by atoms with Crippen LogP contribution in [0.2, 0.25) is 0 Å². The van der Waals surface area contributed by atoms with Gasteiger partial charge in [-0.2, -0.15) is 0 Å². The van der Waals surface area contributed by atoms with Crippen LogP contribution in [0.4, 0.5) is 0 Å². The normalized spacial score (nSPS) is 11.0. The van der Waals surface area contributed by atoms with Crippen molar-refractivity contribution < 1.29 is 4.79 Å². The summed E-state index contributed by atoms with van der Waals surface area (Å²) >= 11 is 0. The number of benzene rings is 1. The molecule has 0 aliphatic rings. The van der Waals surface area contributed by atoms with Crippen molar-refractivity contribution in [2.24, 2.45) is 0 Å². The Morgan fingerprint density at radius 2 is 1.90 bits per heavy atom. The number of hydrogen-bond donors (Lipinski definition) is 2. The number of rotatable bonds is 5. The average Bonchev–Trinajstić information content (AvgIpc) is 2.53. The highest BCUT2D eigenvalue weighted by Gasteiger charge is 2.06. The first-order valence-electron chi connectivity index (χ1n) is 6.94. The molecule has 4 heteroatoms. The largest absolute Gasteiger partial charge is 0.298 e. The van der Waals surface area contributed by atoms with E-state index in [0.29, 0.717) is 5.56 Å². The van der Waals surface area contributed by atoms with Crippen molar-refractivity contribution in [3.8, 4) is 0 Å². The highest BCUT2D eigenvalue weighted by Crippen LogP contribution is 2.12. The first-order valence-corrected chi connectivity index (χ1v) is 6.94. The van der Waals surface area contributed by atoms with Crippen LogP contribution in [-0.4, -0.2) is 10.9 Å². The molecule has 1 aromatic heterocycles. The molecule has 0 unspecified atom stereocenters. The minimum Gasteiger partial charge on any atom is -0.298 e. The topological polar surface area (TPSA) is 54.0 Å². The maximum Gasteiger partial charge on any atom is 0.271 e. The summed E-state index contributed by atoms with van der Waals surface area (Å²) in [6, 6.07) is 11.6. The van der Waals surface area contributed by atoms with E-state index in [1.165, 1.54) is 11.8 Å². The van der Waals surface area contributed by atoms with E-state index in [-0.39, 0.29) is 5.91 Å². The summed E-state index contributed by atoms with van der Waals surface area (Å²) in [4.78, 5) is 15.9. The van der Waals surface area contributed by atoms with Crippen LogP contribution in [0.15, 0.2) is 54.9 Å². The van der Waals surface area contributed by atoms with Crippen molar-refractivity contribution in [1.29, 1.82) is 0 Å². The maximum atomic E-state index is 12.0. The summed E-state index contributed by atoms with van der Waals surface area (Å²) in [5.74, 6) is -0.211. The molecule has 4 nitrogen and oxygen atoms in total. The van der Waals surface area contributed by atoms with Crippen LogP contribution in [0.3, 0.4) is 0 Å². The van der Waals surface area contributed by atoms with Gasteiger partial charge in [-0.25, -0.2) is 0 Å². The Hall–Kier alpha value is -2.62. The fourth-order valence-corrected chi connectivity index (χ4v) is 1.87. The summed E-state index contributed by atoms with van der Waals surface area (Å²) < 4.78 is 0. The Bertz CT molecular complexity index is 618. The van der Waals surface area contributed by atoms with E-state index < -0.39 is 0 Å². The Balaban J connectivity index is 2.06. The monoisotopic (exact) mass is 281 g/mol. The Labute approximate surface area is 124 Å². The number of hydrogen-bond acceptors (Lipinski definition) is 3. The van der Waals surface area contributed by atoms with E-state index in [0.717, 1.165) is 17.7 Å². The van der Waals surface area contributed by atoms with Gasteiger partial charge in [0.05, 0.1) is 11.3 Å². The van der Waals surface area contributed by atoms with E-state index in [1.807, 2.05) is 37.3 Å². The quantitative estimate of drug-likeness (QED) is 0.828. The third-order valence-electron chi connectivity index (χ3n) is 3.01. The predicted molar refractivity (Wildman–Crippen MR) is 84.3 cm³/mol. The number of carbonyl (C=O) groups is 1. The van der Waals surface area contributed by atoms with Crippen LogP contribution in [0.1, 0.15) is 34.8 Å². The number of allylic oxidation sites excluding steroid dienone is 1. The van der Waals surface area contributed by atoms with Crippen LogP contribution in [0.5, 0.6) is 0 Å². The van der Waals surface area contributed by atoms with Crippen molar-refractivity contribution in [2.45, 2.75) is 20.3 Å². The fourth-order valence-electron chi connectivity index (χ4n) is 1.87. The van der Waals surface area contributed by atoms with Crippen molar-refractivity contribution in [3.05, 3.63) is 71.6 Å². The first-order chi connectivity index (χ1) is 10.2. The lowest BCUT2D eigenvalue weighted by atomic mass is 10.1. The molecule has 0 spiro atoms. The van der Waals surface area contributed by atoms with Gasteiger partial charge in [0.15, 0.2) is 0 Å². The van der Waals surface area contributed by atoms with Gasteiger partial charge in [0.1, 0.15) is 0 Å². The maximum absolute atomic E-state index is 12.0. The zero-order valence-corrected chi connectivity index (χ0v) is 12.3. The number of hydrazine groups is 1. The van der Waals surface area contributed by atoms with Gasteiger partial charge >= 0.3 is 0 Å². The van der Waals surface area contributed by atoms with Gasteiger partial charge in [-0.05, 0) is 31.0 Å². The summed E-state index contributed by atoms with van der Waals surface area (Å²) in [5, 5.41) is 0. The number of nitrogens with zero attached hydrogens (tertiary/aromatic N) is 1. The van der Waals surface area contributed by atoms with E-state index in [2.05, 4.69) is 22.8 Å². The molecule has 0 atom stereocenters. The van der Waals surface area contributed by atoms with E-state index in [9.17, 15) is 4.79 Å². The first kappa shape index (κ1) is 14.8. The standard InChI is InChI=1S/C17H19N3O/c1-3-5-16(14-9-7-13(2)8-10-14)19-20-17(21)15-6-4-11-18-12-15/h4-12,19H,3H2,1-2H3,(H,20,21). The van der Waals surface area contributed by atoms with Crippen LogP contribution >= 0.6 is 0 Å². The van der Waals surface area contributed by atoms with Crippen molar-refractivity contribution >= 4 is 11.6 Å². The van der Waals surface area contributed by atoms with Crippen LogP contribution in [0, 0.1) is 6.92 Å². The lowest BCUT2D eigenvalue weighted by Gasteiger charge is -2.13. The van der Waals surface area contributed by atoms with E-state index in [4.69, 9.17) is 0 Å². The molecule has 108 valence electrons. The molecule has 1 heterocycles. The molecule has 2 rings (SSSR count). The van der Waals surface area contributed by atoms with E-state index in [1.54, 1.807) is 18.3 Å². The molecule has 2 aromatic rings. The molecule has 0 aliphatic heterocycles. The second-order valence-corrected chi connectivity index (χ2v) is 4.71. The molecule has 21 heavy (non-hydrogen) atoms. The number of aromatic nitrogens is 1. The van der Waals surface area contributed by atoms with Crippen molar-refractivity contribution in [1.82, 2.24) is 15.8 Å². The number of nitrogens with one attached hydrogen (secondary N) is 2. The molecule has 1 aromatic carbocycles. The minimum absolute atomic E-state index is 0.211. The van der Waals surface area contributed by atoms with Crippen molar-refractivity contribution in [2.75, 3.05) is 0 Å². The van der Waals surface area contributed by atoms with Crippen molar-refractivity contribution in [3.63, 3.8) is 0 Å². The minimum atomic E-state index is -0.211. The predicted octanol–water partition coefficient (Wildman–Crippen LogP) is 3.08. The van der Waals surface area contributed by atoms with Gasteiger partial charge in [0.2, 0.25) is 0 Å². The third-order valence-corrected chi connectivity index (χ3v) is 3.01.